The Hall–Kier alpha value is -2.89. The van der Waals surface area contributed by atoms with Gasteiger partial charge in [-0.05, 0) is 37.5 Å². The third-order valence-electron chi connectivity index (χ3n) is 4.45. The first-order valence-electron chi connectivity index (χ1n) is 9.03. The number of rotatable bonds is 7. The van der Waals surface area contributed by atoms with Crippen LogP contribution in [-0.2, 0) is 13.1 Å². The third-order valence-corrected chi connectivity index (χ3v) is 4.45. The maximum atomic E-state index is 4.41. The summed E-state index contributed by atoms with van der Waals surface area (Å²) in [6.07, 6.45) is 7.92. The lowest BCUT2D eigenvalue weighted by molar-refractivity contribution is 0.588. The Morgan fingerprint density at radius 3 is 2.77 bits per heavy atom. The average Bonchev–Trinajstić information content (AvgIpc) is 3.09. The number of aliphatic imine (C=N–C) groups is 1. The van der Waals surface area contributed by atoms with Crippen LogP contribution >= 0.6 is 0 Å². The van der Waals surface area contributed by atoms with Gasteiger partial charge in [0.1, 0.15) is 5.82 Å². The lowest BCUT2D eigenvalue weighted by atomic mass is 10.1. The van der Waals surface area contributed by atoms with Crippen molar-refractivity contribution in [3.63, 3.8) is 0 Å². The number of aromatic nitrogens is 3. The minimum Gasteiger partial charge on any atom is -0.356 e. The molecule has 0 aliphatic heterocycles. The summed E-state index contributed by atoms with van der Waals surface area (Å²) < 4.78 is 2.18. The molecule has 0 spiro atoms. The van der Waals surface area contributed by atoms with Gasteiger partial charge in [0.25, 0.3) is 0 Å². The summed E-state index contributed by atoms with van der Waals surface area (Å²) in [5, 5.41) is 7.94. The summed E-state index contributed by atoms with van der Waals surface area (Å²) in [7, 11) is 1.80. The first-order valence-corrected chi connectivity index (χ1v) is 9.03. The van der Waals surface area contributed by atoms with E-state index in [2.05, 4.69) is 42.3 Å². The van der Waals surface area contributed by atoms with Gasteiger partial charge >= 0.3 is 0 Å². The molecule has 26 heavy (non-hydrogen) atoms. The van der Waals surface area contributed by atoms with Gasteiger partial charge in [0.05, 0.1) is 5.52 Å². The van der Waals surface area contributed by atoms with E-state index in [9.17, 15) is 0 Å². The second-order valence-electron chi connectivity index (χ2n) is 6.21. The molecule has 0 bridgehead atoms. The number of pyridine rings is 1. The molecule has 0 amide bonds. The molecule has 0 saturated heterocycles. The van der Waals surface area contributed by atoms with E-state index < -0.39 is 0 Å². The molecule has 6 nitrogen and oxygen atoms in total. The number of unbranched alkanes of at least 4 members (excludes halogenated alkanes) is 1. The number of aryl methyl sites for hydroxylation is 2. The number of para-hydroxylation sites is 1. The van der Waals surface area contributed by atoms with Gasteiger partial charge in [0.15, 0.2) is 5.96 Å². The van der Waals surface area contributed by atoms with Crippen LogP contribution in [-0.4, -0.2) is 34.1 Å². The number of nitrogens with zero attached hydrogens (tertiary/aromatic N) is 4. The molecule has 0 aliphatic rings. The molecule has 3 aromatic rings. The fourth-order valence-corrected chi connectivity index (χ4v) is 2.96. The number of hydrogen-bond donors (Lipinski definition) is 2. The predicted octanol–water partition coefficient (Wildman–Crippen LogP) is 2.89. The highest BCUT2D eigenvalue weighted by atomic mass is 15.2. The van der Waals surface area contributed by atoms with Gasteiger partial charge in [-0.2, -0.15) is 0 Å². The zero-order valence-electron chi connectivity index (χ0n) is 15.4. The highest BCUT2D eigenvalue weighted by molar-refractivity contribution is 5.83. The molecule has 0 radical (unpaired) electrons. The number of benzene rings is 1. The predicted molar refractivity (Wildman–Crippen MR) is 106 cm³/mol. The highest BCUT2D eigenvalue weighted by Crippen LogP contribution is 2.15. The number of imidazole rings is 1. The summed E-state index contributed by atoms with van der Waals surface area (Å²) >= 11 is 0. The second-order valence-corrected chi connectivity index (χ2v) is 6.21. The first kappa shape index (κ1) is 17.9. The minimum absolute atomic E-state index is 0.719. The van der Waals surface area contributed by atoms with Crippen LogP contribution in [0.5, 0.6) is 0 Å². The van der Waals surface area contributed by atoms with Gasteiger partial charge in [-0.3, -0.25) is 9.98 Å². The summed E-state index contributed by atoms with van der Waals surface area (Å²) in [4.78, 5) is 13.0. The minimum atomic E-state index is 0.719. The van der Waals surface area contributed by atoms with Crippen molar-refractivity contribution in [1.82, 2.24) is 25.2 Å². The molecule has 0 atom stereocenters. The summed E-state index contributed by atoms with van der Waals surface area (Å²) in [6, 6.07) is 10.2. The van der Waals surface area contributed by atoms with Crippen LogP contribution in [0.4, 0.5) is 0 Å². The van der Waals surface area contributed by atoms with E-state index in [1.54, 1.807) is 7.05 Å². The van der Waals surface area contributed by atoms with Crippen molar-refractivity contribution in [3.8, 4) is 0 Å². The van der Waals surface area contributed by atoms with Gasteiger partial charge in [-0.15, -0.1) is 0 Å². The van der Waals surface area contributed by atoms with E-state index in [4.69, 9.17) is 0 Å². The zero-order valence-corrected chi connectivity index (χ0v) is 15.4. The van der Waals surface area contributed by atoms with Gasteiger partial charge in [-0.25, -0.2) is 4.98 Å². The monoisotopic (exact) mass is 350 g/mol. The fraction of sp³-hybridized carbons (Fsp3) is 0.350. The Balaban J connectivity index is 1.44. The molecule has 2 heterocycles. The van der Waals surface area contributed by atoms with Crippen LogP contribution < -0.4 is 10.6 Å². The standard InChI is InChI=1S/C20H26N6/c1-16-22-12-14-26(16)13-6-5-10-24-20(21-2)25-15-17-9-11-23-19-8-4-3-7-18(17)19/h3-4,7-9,11-12,14H,5-6,10,13,15H2,1-2H3,(H2,21,24,25). The lowest BCUT2D eigenvalue weighted by Crippen LogP contribution is -2.37. The third kappa shape index (κ3) is 4.59. The molecule has 2 N–H and O–H groups in total. The average molecular weight is 350 g/mol. The quantitative estimate of drug-likeness (QED) is 0.391. The molecule has 6 heteroatoms. The normalized spacial score (nSPS) is 11.7. The van der Waals surface area contributed by atoms with E-state index in [-0.39, 0.29) is 0 Å². The second kappa shape index (κ2) is 8.99. The van der Waals surface area contributed by atoms with Crippen molar-refractivity contribution in [1.29, 1.82) is 0 Å². The molecule has 3 rings (SSSR count). The first-order chi connectivity index (χ1) is 12.8. The Morgan fingerprint density at radius 2 is 1.96 bits per heavy atom. The number of fused-ring (bicyclic) bond motifs is 1. The van der Waals surface area contributed by atoms with Crippen molar-refractivity contribution in [2.45, 2.75) is 32.9 Å². The molecule has 0 aliphatic carbocycles. The molecule has 0 fully saturated rings. The Bertz CT molecular complexity index is 862. The maximum Gasteiger partial charge on any atom is 0.191 e. The van der Waals surface area contributed by atoms with Crippen LogP contribution in [0.15, 0.2) is 53.9 Å². The summed E-state index contributed by atoms with van der Waals surface area (Å²) in [5.74, 6) is 1.89. The van der Waals surface area contributed by atoms with E-state index in [1.165, 1.54) is 10.9 Å². The smallest absolute Gasteiger partial charge is 0.191 e. The fourth-order valence-electron chi connectivity index (χ4n) is 2.96. The lowest BCUT2D eigenvalue weighted by Gasteiger charge is -2.13. The van der Waals surface area contributed by atoms with Crippen molar-refractivity contribution < 1.29 is 0 Å². The molecule has 0 saturated carbocycles. The SMILES string of the molecule is CN=C(NCCCCn1ccnc1C)NCc1ccnc2ccccc12. The van der Waals surface area contributed by atoms with E-state index >= 15 is 0 Å². The van der Waals surface area contributed by atoms with Crippen molar-refractivity contribution in [3.05, 3.63) is 60.3 Å². The highest BCUT2D eigenvalue weighted by Gasteiger charge is 2.03. The molecular formula is C20H26N6. The molecule has 136 valence electrons. The zero-order chi connectivity index (χ0) is 18.2. The summed E-state index contributed by atoms with van der Waals surface area (Å²) in [5.41, 5.74) is 2.23. The largest absolute Gasteiger partial charge is 0.356 e. The van der Waals surface area contributed by atoms with Crippen LogP contribution in [0.1, 0.15) is 24.2 Å². The van der Waals surface area contributed by atoms with Crippen LogP contribution in [0.2, 0.25) is 0 Å². The van der Waals surface area contributed by atoms with E-state index in [0.29, 0.717) is 0 Å². The van der Waals surface area contributed by atoms with Crippen LogP contribution in [0, 0.1) is 6.92 Å². The van der Waals surface area contributed by atoms with Gasteiger partial charge in [0.2, 0.25) is 0 Å². The van der Waals surface area contributed by atoms with Gasteiger partial charge in [0, 0.05) is 50.7 Å². The number of hydrogen-bond acceptors (Lipinski definition) is 3. The van der Waals surface area contributed by atoms with Crippen LogP contribution in [0.25, 0.3) is 10.9 Å². The van der Waals surface area contributed by atoms with Crippen molar-refractivity contribution >= 4 is 16.9 Å². The van der Waals surface area contributed by atoms with Gasteiger partial charge in [-0.1, -0.05) is 18.2 Å². The molecule has 0 unspecified atom stereocenters. The number of nitrogens with one attached hydrogen (secondary N) is 2. The number of guanidine groups is 1. The van der Waals surface area contributed by atoms with Crippen LogP contribution in [0.3, 0.4) is 0 Å². The Labute approximate surface area is 154 Å². The molecule has 1 aromatic carbocycles. The van der Waals surface area contributed by atoms with E-state index in [1.807, 2.05) is 43.7 Å². The maximum absolute atomic E-state index is 4.41. The topological polar surface area (TPSA) is 67.1 Å². The van der Waals surface area contributed by atoms with Crippen molar-refractivity contribution in [2.24, 2.45) is 4.99 Å². The van der Waals surface area contributed by atoms with Crippen molar-refractivity contribution in [2.75, 3.05) is 13.6 Å². The Kier molecular flexibility index (Phi) is 6.19. The molecule has 2 aromatic heterocycles. The van der Waals surface area contributed by atoms with Gasteiger partial charge < -0.3 is 15.2 Å². The van der Waals surface area contributed by atoms with E-state index in [0.717, 1.165) is 49.8 Å². The molecular weight excluding hydrogens is 324 g/mol. The summed E-state index contributed by atoms with van der Waals surface area (Å²) in [6.45, 7) is 4.65. The Morgan fingerprint density at radius 1 is 1.08 bits per heavy atom.